The van der Waals surface area contributed by atoms with Crippen LogP contribution in [-0.4, -0.2) is 27.0 Å². The van der Waals surface area contributed by atoms with Crippen LogP contribution in [0.25, 0.3) is 5.69 Å². The third kappa shape index (κ3) is 3.31. The highest BCUT2D eigenvalue weighted by Gasteiger charge is 2.18. The molecule has 1 aromatic carbocycles. The van der Waals surface area contributed by atoms with Crippen LogP contribution in [0.4, 0.5) is 0 Å². The Kier molecular flexibility index (Phi) is 4.19. The van der Waals surface area contributed by atoms with Crippen molar-refractivity contribution in [1.82, 2.24) is 19.7 Å². The third-order valence-electron chi connectivity index (χ3n) is 4.16. The van der Waals surface area contributed by atoms with E-state index in [2.05, 4.69) is 10.4 Å². The minimum absolute atomic E-state index is 0.154. The average Bonchev–Trinajstić information content (AvgIpc) is 3.33. The fourth-order valence-corrected chi connectivity index (χ4v) is 2.90. The lowest BCUT2D eigenvalue weighted by Gasteiger charge is -2.04. The Morgan fingerprint density at radius 1 is 1.19 bits per heavy atom. The summed E-state index contributed by atoms with van der Waals surface area (Å²) in [5.74, 6) is 2.75. The second kappa shape index (κ2) is 6.67. The summed E-state index contributed by atoms with van der Waals surface area (Å²) in [6.45, 7) is 3.75. The second-order valence-corrected chi connectivity index (χ2v) is 6.15. The molecule has 2 aromatic heterocycles. The zero-order valence-corrected chi connectivity index (χ0v) is 14.9. The van der Waals surface area contributed by atoms with Crippen LogP contribution < -0.4 is 20.5 Å². The molecule has 0 radical (unpaired) electrons. The fourth-order valence-electron chi connectivity index (χ4n) is 2.90. The van der Waals surface area contributed by atoms with E-state index in [1.54, 1.807) is 31.2 Å². The lowest BCUT2D eigenvalue weighted by molar-refractivity contribution is -0.122. The zero-order valence-electron chi connectivity index (χ0n) is 14.9. The second-order valence-electron chi connectivity index (χ2n) is 6.15. The van der Waals surface area contributed by atoms with E-state index in [9.17, 15) is 9.59 Å². The topological polar surface area (TPSA) is 101 Å². The van der Waals surface area contributed by atoms with Crippen molar-refractivity contribution in [2.45, 2.75) is 26.9 Å². The lowest BCUT2D eigenvalue weighted by atomic mass is 10.2. The fraction of sp³-hybridized carbons (Fsp3) is 0.278. The molecular weight excluding hydrogens is 352 g/mol. The molecule has 0 saturated carbocycles. The van der Waals surface area contributed by atoms with Gasteiger partial charge in [0.1, 0.15) is 23.9 Å². The smallest absolute Gasteiger partial charge is 0.351 e. The van der Waals surface area contributed by atoms with E-state index < -0.39 is 5.69 Å². The van der Waals surface area contributed by atoms with Gasteiger partial charge in [0.05, 0.1) is 12.2 Å². The van der Waals surface area contributed by atoms with Crippen molar-refractivity contribution in [1.29, 1.82) is 0 Å². The Labute approximate surface area is 154 Å². The number of furan rings is 1. The molecule has 1 aliphatic rings. The molecule has 3 heterocycles. The SMILES string of the molecule is Cc1ccc(CNC(=O)Cn2nc(C)n(-c3ccc4c(c3)OCO4)c2=O)o1. The van der Waals surface area contributed by atoms with Crippen LogP contribution in [0.5, 0.6) is 11.5 Å². The summed E-state index contributed by atoms with van der Waals surface area (Å²) < 4.78 is 18.6. The van der Waals surface area contributed by atoms with Crippen LogP contribution in [0, 0.1) is 13.8 Å². The van der Waals surface area contributed by atoms with E-state index in [1.165, 1.54) is 4.57 Å². The minimum atomic E-state index is -0.407. The molecule has 0 saturated heterocycles. The molecule has 1 N–H and O–H groups in total. The molecule has 1 amide bonds. The first kappa shape index (κ1) is 17.0. The molecule has 1 aliphatic heterocycles. The van der Waals surface area contributed by atoms with E-state index in [1.807, 2.05) is 13.0 Å². The van der Waals surface area contributed by atoms with Crippen LogP contribution in [0.3, 0.4) is 0 Å². The predicted molar refractivity (Wildman–Crippen MR) is 94.0 cm³/mol. The molecule has 9 heteroatoms. The Hall–Kier alpha value is -3.49. The number of carbonyl (C=O) groups excluding carboxylic acids is 1. The number of benzene rings is 1. The van der Waals surface area contributed by atoms with Gasteiger partial charge in [0.15, 0.2) is 11.5 Å². The van der Waals surface area contributed by atoms with Gasteiger partial charge in [-0.15, -0.1) is 0 Å². The largest absolute Gasteiger partial charge is 0.465 e. The first-order chi connectivity index (χ1) is 13.0. The molecule has 0 spiro atoms. The van der Waals surface area contributed by atoms with Crippen molar-refractivity contribution in [3.63, 3.8) is 0 Å². The summed E-state index contributed by atoms with van der Waals surface area (Å²) in [6.07, 6.45) is 0. The van der Waals surface area contributed by atoms with Gasteiger partial charge in [-0.3, -0.25) is 4.79 Å². The number of rotatable bonds is 5. The van der Waals surface area contributed by atoms with E-state index in [0.717, 1.165) is 10.4 Å². The number of hydrogen-bond acceptors (Lipinski definition) is 6. The number of nitrogens with zero attached hydrogens (tertiary/aromatic N) is 3. The van der Waals surface area contributed by atoms with Gasteiger partial charge in [-0.05, 0) is 38.1 Å². The lowest BCUT2D eigenvalue weighted by Crippen LogP contribution is -2.33. The average molecular weight is 370 g/mol. The first-order valence-electron chi connectivity index (χ1n) is 8.40. The van der Waals surface area contributed by atoms with Crippen molar-refractivity contribution in [2.24, 2.45) is 0 Å². The summed E-state index contributed by atoms with van der Waals surface area (Å²) in [6, 6.07) is 8.80. The van der Waals surface area contributed by atoms with Crippen LogP contribution in [-0.2, 0) is 17.9 Å². The van der Waals surface area contributed by atoms with E-state index in [-0.39, 0.29) is 25.8 Å². The van der Waals surface area contributed by atoms with Crippen LogP contribution in [0.15, 0.2) is 39.5 Å². The maximum absolute atomic E-state index is 12.7. The summed E-state index contributed by atoms with van der Waals surface area (Å²) in [7, 11) is 0. The highest BCUT2D eigenvalue weighted by molar-refractivity contribution is 5.75. The van der Waals surface area contributed by atoms with Gasteiger partial charge in [0.25, 0.3) is 0 Å². The van der Waals surface area contributed by atoms with Gasteiger partial charge in [-0.25, -0.2) is 14.0 Å². The molecule has 0 unspecified atom stereocenters. The minimum Gasteiger partial charge on any atom is -0.465 e. The number of hydrogen-bond donors (Lipinski definition) is 1. The number of amides is 1. The molecular formula is C18H18N4O5. The predicted octanol–water partition coefficient (Wildman–Crippen LogP) is 1.29. The molecule has 0 bridgehead atoms. The van der Waals surface area contributed by atoms with Gasteiger partial charge in [0, 0.05) is 6.07 Å². The van der Waals surface area contributed by atoms with E-state index in [0.29, 0.717) is 28.8 Å². The Morgan fingerprint density at radius 3 is 2.78 bits per heavy atom. The Balaban J connectivity index is 1.50. The summed E-state index contributed by atoms with van der Waals surface area (Å²) >= 11 is 0. The maximum Gasteiger partial charge on any atom is 0.351 e. The molecule has 140 valence electrons. The highest BCUT2D eigenvalue weighted by atomic mass is 16.7. The summed E-state index contributed by atoms with van der Waals surface area (Å²) in [5, 5.41) is 6.90. The third-order valence-corrected chi connectivity index (χ3v) is 4.16. The van der Waals surface area contributed by atoms with Crippen molar-refractivity contribution in [3.8, 4) is 17.2 Å². The van der Waals surface area contributed by atoms with Crippen molar-refractivity contribution < 1.29 is 18.7 Å². The normalized spacial score (nSPS) is 12.4. The van der Waals surface area contributed by atoms with Crippen molar-refractivity contribution in [2.75, 3.05) is 6.79 Å². The zero-order chi connectivity index (χ0) is 19.0. The maximum atomic E-state index is 12.7. The van der Waals surface area contributed by atoms with Gasteiger partial charge in [-0.1, -0.05) is 0 Å². The van der Waals surface area contributed by atoms with Crippen molar-refractivity contribution in [3.05, 3.63) is 58.2 Å². The van der Waals surface area contributed by atoms with Crippen LogP contribution in [0.1, 0.15) is 17.3 Å². The van der Waals surface area contributed by atoms with E-state index in [4.69, 9.17) is 13.9 Å². The Morgan fingerprint density at radius 2 is 2.00 bits per heavy atom. The first-order valence-corrected chi connectivity index (χ1v) is 8.40. The number of nitrogens with one attached hydrogen (secondary N) is 1. The van der Waals surface area contributed by atoms with Gasteiger partial charge >= 0.3 is 5.69 Å². The number of fused-ring (bicyclic) bond motifs is 1. The number of aromatic nitrogens is 3. The molecule has 4 rings (SSSR count). The molecule has 0 aliphatic carbocycles. The standard InChI is InChI=1S/C18H18N4O5/c1-11-3-5-14(27-11)8-19-17(23)9-21-18(24)22(12(2)20-21)13-4-6-15-16(7-13)26-10-25-15/h3-7H,8-10H2,1-2H3,(H,19,23). The molecule has 9 nitrogen and oxygen atoms in total. The van der Waals surface area contributed by atoms with Gasteiger partial charge in [0.2, 0.25) is 12.7 Å². The number of carbonyl (C=O) groups is 1. The van der Waals surface area contributed by atoms with Gasteiger partial charge in [-0.2, -0.15) is 5.10 Å². The van der Waals surface area contributed by atoms with Crippen LogP contribution in [0.2, 0.25) is 0 Å². The van der Waals surface area contributed by atoms with E-state index >= 15 is 0 Å². The molecule has 27 heavy (non-hydrogen) atoms. The molecule has 3 aromatic rings. The molecule has 0 atom stereocenters. The number of aryl methyl sites for hydroxylation is 2. The van der Waals surface area contributed by atoms with Crippen molar-refractivity contribution >= 4 is 5.91 Å². The Bertz CT molecular complexity index is 1060. The highest BCUT2D eigenvalue weighted by Crippen LogP contribution is 2.33. The number of ether oxygens (including phenoxy) is 2. The quantitative estimate of drug-likeness (QED) is 0.726. The monoisotopic (exact) mass is 370 g/mol. The molecule has 0 fully saturated rings. The summed E-state index contributed by atoms with van der Waals surface area (Å²) in [4.78, 5) is 24.9. The van der Waals surface area contributed by atoms with Crippen LogP contribution >= 0.6 is 0 Å². The summed E-state index contributed by atoms with van der Waals surface area (Å²) in [5.41, 5.74) is 0.190. The van der Waals surface area contributed by atoms with Gasteiger partial charge < -0.3 is 19.2 Å².